The maximum Gasteiger partial charge on any atom is 0.213 e. The molecule has 0 atom stereocenters. The molecule has 3 rings (SSSR count). The highest BCUT2D eigenvalue weighted by atomic mass is 32.1. The van der Waals surface area contributed by atoms with Crippen LogP contribution in [-0.2, 0) is 12.8 Å². The van der Waals surface area contributed by atoms with Crippen molar-refractivity contribution in [2.75, 3.05) is 12.4 Å². The van der Waals surface area contributed by atoms with E-state index in [1.54, 1.807) is 13.3 Å². The smallest absolute Gasteiger partial charge is 0.213 e. The Balaban J connectivity index is 2.10. The van der Waals surface area contributed by atoms with Gasteiger partial charge in [-0.3, -0.25) is 0 Å². The third-order valence-corrected chi connectivity index (χ3v) is 4.21. The van der Waals surface area contributed by atoms with Crippen molar-refractivity contribution >= 4 is 28.9 Å². The Morgan fingerprint density at radius 1 is 1.33 bits per heavy atom. The van der Waals surface area contributed by atoms with Crippen LogP contribution in [0.15, 0.2) is 35.5 Å². The number of nitrogens with one attached hydrogen (secondary N) is 1. The lowest BCUT2D eigenvalue weighted by Gasteiger charge is -2.17. The van der Waals surface area contributed by atoms with Gasteiger partial charge in [0.1, 0.15) is 5.84 Å². The number of amidine groups is 1. The van der Waals surface area contributed by atoms with Crippen molar-refractivity contribution < 1.29 is 4.74 Å². The number of aliphatic imine (C=N–C) groups is 1. The van der Waals surface area contributed by atoms with E-state index in [-0.39, 0.29) is 5.11 Å². The van der Waals surface area contributed by atoms with Gasteiger partial charge in [0, 0.05) is 17.8 Å². The number of nitrogens with two attached hydrogens (primary N) is 1. The van der Waals surface area contributed by atoms with Crippen molar-refractivity contribution in [3.8, 4) is 17.0 Å². The number of nitrogens with zero attached hydrogens (tertiary/aromatic N) is 2. The molecule has 0 saturated carbocycles. The number of rotatable bonds is 3. The number of anilines is 1. The van der Waals surface area contributed by atoms with Gasteiger partial charge in [-0.15, -0.1) is 0 Å². The van der Waals surface area contributed by atoms with Crippen molar-refractivity contribution in [2.24, 2.45) is 10.7 Å². The number of pyridine rings is 1. The molecule has 24 heavy (non-hydrogen) atoms. The molecule has 0 saturated heterocycles. The molecule has 0 amide bonds. The predicted octanol–water partition coefficient (Wildman–Crippen LogP) is 3.32. The van der Waals surface area contributed by atoms with Gasteiger partial charge in [0.15, 0.2) is 5.11 Å². The highest BCUT2D eigenvalue weighted by Crippen LogP contribution is 2.38. The van der Waals surface area contributed by atoms with Crippen molar-refractivity contribution in [2.45, 2.75) is 26.2 Å². The summed E-state index contributed by atoms with van der Waals surface area (Å²) in [6.07, 6.45) is 5.07. The summed E-state index contributed by atoms with van der Waals surface area (Å²) in [5.74, 6) is 1.28. The average molecular weight is 340 g/mol. The second-order valence-corrected chi connectivity index (χ2v) is 6.14. The minimum Gasteiger partial charge on any atom is -0.481 e. The van der Waals surface area contributed by atoms with Gasteiger partial charge in [-0.1, -0.05) is 12.1 Å². The topological polar surface area (TPSA) is 72.5 Å². The predicted molar refractivity (Wildman–Crippen MR) is 102 cm³/mol. The summed E-state index contributed by atoms with van der Waals surface area (Å²) >= 11 is 4.87. The number of aromatic nitrogens is 1. The summed E-state index contributed by atoms with van der Waals surface area (Å²) in [6.45, 7) is 1.87. The lowest BCUT2D eigenvalue weighted by atomic mass is 9.97. The number of hydrogen-bond acceptors (Lipinski definition) is 3. The molecule has 0 aliphatic heterocycles. The van der Waals surface area contributed by atoms with Crippen LogP contribution >= 0.6 is 12.2 Å². The van der Waals surface area contributed by atoms with Crippen molar-refractivity contribution in [1.29, 1.82) is 0 Å². The maximum atomic E-state index is 5.53. The normalized spacial score (nSPS) is 13.5. The molecule has 2 aromatic rings. The Morgan fingerprint density at radius 2 is 2.17 bits per heavy atom. The van der Waals surface area contributed by atoms with Gasteiger partial charge in [-0.2, -0.15) is 0 Å². The zero-order valence-corrected chi connectivity index (χ0v) is 14.6. The molecule has 0 bridgehead atoms. The molecular formula is C18H20N4OS. The van der Waals surface area contributed by atoms with Gasteiger partial charge >= 0.3 is 0 Å². The summed E-state index contributed by atoms with van der Waals surface area (Å²) in [5.41, 5.74) is 11.4. The first kappa shape index (κ1) is 16.4. The third-order valence-electron chi connectivity index (χ3n) is 4.12. The molecule has 5 nitrogen and oxygen atoms in total. The van der Waals surface area contributed by atoms with E-state index < -0.39 is 0 Å². The van der Waals surface area contributed by atoms with Gasteiger partial charge in [-0.25, -0.2) is 9.98 Å². The standard InChI is InChI=1S/C18H20N4OS/c1-11(22-18(19)24)21-17-14-5-3-4-12(14)6-7-15(17)13-8-9-20-16(10-13)23-2/h6-10H,3-5H2,1-2H3,(H3,19,21,22,24). The summed E-state index contributed by atoms with van der Waals surface area (Å²) in [4.78, 5) is 8.33. The second kappa shape index (κ2) is 6.97. The largest absolute Gasteiger partial charge is 0.481 e. The fraction of sp³-hybridized carbons (Fsp3) is 0.278. The molecule has 1 aliphatic carbocycles. The minimum atomic E-state index is 0.125. The Bertz CT molecular complexity index is 817. The lowest BCUT2D eigenvalue weighted by molar-refractivity contribution is 0.398. The van der Waals surface area contributed by atoms with Crippen LogP contribution in [0.3, 0.4) is 0 Å². The van der Waals surface area contributed by atoms with Gasteiger partial charge in [0.2, 0.25) is 5.88 Å². The summed E-state index contributed by atoms with van der Waals surface area (Å²) in [7, 11) is 1.62. The first-order valence-electron chi connectivity index (χ1n) is 7.85. The van der Waals surface area contributed by atoms with Gasteiger partial charge < -0.3 is 15.8 Å². The van der Waals surface area contributed by atoms with Gasteiger partial charge in [0.05, 0.1) is 12.8 Å². The molecule has 124 valence electrons. The zero-order chi connectivity index (χ0) is 17.1. The highest BCUT2D eigenvalue weighted by Gasteiger charge is 2.19. The molecule has 1 aromatic carbocycles. The summed E-state index contributed by atoms with van der Waals surface area (Å²) < 4.78 is 5.25. The Labute approximate surface area is 147 Å². The van der Waals surface area contributed by atoms with E-state index in [4.69, 9.17) is 22.7 Å². The van der Waals surface area contributed by atoms with Gasteiger partial charge in [-0.05, 0) is 61.2 Å². The number of fused-ring (bicyclic) bond motifs is 1. The SMILES string of the molecule is COc1cc(-c2ccc3c(c2NC(C)=NC(N)=S)CCC3)ccn1. The van der Waals surface area contributed by atoms with E-state index in [1.807, 2.05) is 19.1 Å². The molecule has 0 fully saturated rings. The fourth-order valence-corrected chi connectivity index (χ4v) is 3.25. The number of aryl methyl sites for hydroxylation is 1. The van der Waals surface area contributed by atoms with E-state index in [0.29, 0.717) is 11.7 Å². The molecule has 0 spiro atoms. The molecule has 3 N–H and O–H groups in total. The number of benzene rings is 1. The van der Waals surface area contributed by atoms with E-state index in [9.17, 15) is 0 Å². The molecule has 1 aromatic heterocycles. The summed E-state index contributed by atoms with van der Waals surface area (Å²) in [5, 5.41) is 3.52. The van der Waals surface area contributed by atoms with E-state index in [1.165, 1.54) is 17.5 Å². The molecule has 0 unspecified atom stereocenters. The first-order valence-corrected chi connectivity index (χ1v) is 8.26. The van der Waals surface area contributed by atoms with E-state index >= 15 is 0 Å². The van der Waals surface area contributed by atoms with Gasteiger partial charge in [0.25, 0.3) is 0 Å². The van der Waals surface area contributed by atoms with E-state index in [0.717, 1.165) is 29.7 Å². The van der Waals surface area contributed by atoms with Crippen LogP contribution in [0.2, 0.25) is 0 Å². The first-order chi connectivity index (χ1) is 11.6. The van der Waals surface area contributed by atoms with Crippen LogP contribution in [-0.4, -0.2) is 23.0 Å². The monoisotopic (exact) mass is 340 g/mol. The lowest BCUT2D eigenvalue weighted by Crippen LogP contribution is -2.15. The number of methoxy groups -OCH3 is 1. The van der Waals surface area contributed by atoms with Crippen LogP contribution in [0.4, 0.5) is 5.69 Å². The number of ether oxygens (including phenoxy) is 1. The molecule has 0 radical (unpaired) electrons. The van der Waals surface area contributed by atoms with Crippen LogP contribution in [0.5, 0.6) is 5.88 Å². The Kier molecular flexibility index (Phi) is 4.76. The highest BCUT2D eigenvalue weighted by molar-refractivity contribution is 7.80. The fourth-order valence-electron chi connectivity index (χ4n) is 3.11. The van der Waals surface area contributed by atoms with Crippen LogP contribution in [0.25, 0.3) is 11.1 Å². The molecule has 6 heteroatoms. The molecular weight excluding hydrogens is 320 g/mol. The maximum absolute atomic E-state index is 5.53. The van der Waals surface area contributed by atoms with Crippen LogP contribution < -0.4 is 15.8 Å². The van der Waals surface area contributed by atoms with Crippen molar-refractivity contribution in [3.05, 3.63) is 41.6 Å². The van der Waals surface area contributed by atoms with Crippen LogP contribution in [0.1, 0.15) is 24.5 Å². The van der Waals surface area contributed by atoms with Crippen LogP contribution in [0, 0.1) is 0 Å². The Morgan fingerprint density at radius 3 is 2.92 bits per heavy atom. The van der Waals surface area contributed by atoms with Crippen molar-refractivity contribution in [3.63, 3.8) is 0 Å². The van der Waals surface area contributed by atoms with Crippen molar-refractivity contribution in [1.82, 2.24) is 4.98 Å². The summed E-state index contributed by atoms with van der Waals surface area (Å²) in [6, 6.07) is 8.25. The second-order valence-electron chi connectivity index (χ2n) is 5.73. The molecule has 1 aliphatic rings. The quantitative estimate of drug-likeness (QED) is 0.509. The van der Waals surface area contributed by atoms with E-state index in [2.05, 4.69) is 27.4 Å². The third kappa shape index (κ3) is 3.38. The Hall–Kier alpha value is -2.47. The molecule has 1 heterocycles. The minimum absolute atomic E-state index is 0.125. The number of hydrogen-bond donors (Lipinski definition) is 2. The zero-order valence-electron chi connectivity index (χ0n) is 13.8. The number of thiocarbonyl (C=S) groups is 1. The average Bonchev–Trinajstić information content (AvgIpc) is 3.03.